The number of hydrazone groups is 1. The molecular weight excluding hydrogens is 370 g/mol. The fraction of sp³-hybridized carbons (Fsp3) is 0.222. The van der Waals surface area contributed by atoms with Crippen LogP contribution >= 0.6 is 15.9 Å². The number of rotatable bonds is 3. The van der Waals surface area contributed by atoms with E-state index in [-0.39, 0.29) is 11.2 Å². The highest BCUT2D eigenvalue weighted by atomic mass is 79.9. The number of amides is 2. The maximum absolute atomic E-state index is 11.8. The molecule has 0 fully saturated rings. The SMILES string of the molecule is CC(C)(C)c1cc(Br)cc(/C=N\NC(=O)Nc2ccccc2)c1O. The molecule has 0 saturated carbocycles. The first-order valence-electron chi connectivity index (χ1n) is 7.45. The summed E-state index contributed by atoms with van der Waals surface area (Å²) in [6, 6.07) is 12.2. The number of benzene rings is 2. The Morgan fingerprint density at radius 1 is 1.21 bits per heavy atom. The molecule has 0 atom stereocenters. The van der Waals surface area contributed by atoms with Crippen molar-refractivity contribution in [2.45, 2.75) is 26.2 Å². The number of urea groups is 1. The van der Waals surface area contributed by atoms with Gasteiger partial charge in [-0.1, -0.05) is 54.9 Å². The zero-order chi connectivity index (χ0) is 17.7. The molecule has 0 radical (unpaired) electrons. The van der Waals surface area contributed by atoms with Gasteiger partial charge in [-0.05, 0) is 29.7 Å². The zero-order valence-electron chi connectivity index (χ0n) is 13.8. The van der Waals surface area contributed by atoms with E-state index in [0.29, 0.717) is 11.3 Å². The zero-order valence-corrected chi connectivity index (χ0v) is 15.4. The highest BCUT2D eigenvalue weighted by Crippen LogP contribution is 2.35. The van der Waals surface area contributed by atoms with Crippen LogP contribution in [0.5, 0.6) is 5.75 Å². The second kappa shape index (κ2) is 7.49. The maximum atomic E-state index is 11.8. The van der Waals surface area contributed by atoms with Crippen LogP contribution in [0, 0.1) is 0 Å². The molecular formula is C18H20BrN3O2. The minimum atomic E-state index is -0.456. The molecule has 0 spiro atoms. The van der Waals surface area contributed by atoms with E-state index >= 15 is 0 Å². The van der Waals surface area contributed by atoms with Gasteiger partial charge in [0, 0.05) is 21.3 Å². The van der Waals surface area contributed by atoms with Crippen molar-refractivity contribution in [1.29, 1.82) is 0 Å². The van der Waals surface area contributed by atoms with E-state index in [1.54, 1.807) is 18.2 Å². The minimum Gasteiger partial charge on any atom is -0.507 e. The van der Waals surface area contributed by atoms with Crippen molar-refractivity contribution in [1.82, 2.24) is 5.43 Å². The normalized spacial score (nSPS) is 11.5. The molecule has 6 heteroatoms. The molecule has 0 aromatic heterocycles. The van der Waals surface area contributed by atoms with E-state index in [9.17, 15) is 9.90 Å². The van der Waals surface area contributed by atoms with E-state index in [4.69, 9.17) is 0 Å². The van der Waals surface area contributed by atoms with Crippen molar-refractivity contribution < 1.29 is 9.90 Å². The number of phenolic OH excluding ortho intramolecular Hbond substituents is 1. The van der Waals surface area contributed by atoms with Gasteiger partial charge in [-0.3, -0.25) is 0 Å². The van der Waals surface area contributed by atoms with Crippen LogP contribution in [0.15, 0.2) is 52.0 Å². The van der Waals surface area contributed by atoms with Crippen LogP contribution in [0.2, 0.25) is 0 Å². The Hall–Kier alpha value is -2.34. The molecule has 24 heavy (non-hydrogen) atoms. The van der Waals surface area contributed by atoms with Crippen LogP contribution in [0.25, 0.3) is 0 Å². The quantitative estimate of drug-likeness (QED) is 0.529. The molecule has 2 aromatic carbocycles. The summed E-state index contributed by atoms with van der Waals surface area (Å²) in [5, 5.41) is 17.0. The lowest BCUT2D eigenvalue weighted by atomic mass is 9.85. The van der Waals surface area contributed by atoms with Gasteiger partial charge in [0.25, 0.3) is 0 Å². The van der Waals surface area contributed by atoms with E-state index in [1.807, 2.05) is 45.0 Å². The van der Waals surface area contributed by atoms with Crippen molar-refractivity contribution in [3.8, 4) is 5.75 Å². The maximum Gasteiger partial charge on any atom is 0.339 e. The topological polar surface area (TPSA) is 73.7 Å². The molecule has 126 valence electrons. The van der Waals surface area contributed by atoms with Crippen LogP contribution < -0.4 is 10.7 Å². The Bertz CT molecular complexity index is 753. The predicted octanol–water partition coefficient (Wildman–Crippen LogP) is 4.61. The van der Waals surface area contributed by atoms with Gasteiger partial charge in [-0.2, -0.15) is 5.10 Å². The molecule has 5 nitrogen and oxygen atoms in total. The van der Waals surface area contributed by atoms with Gasteiger partial charge in [-0.15, -0.1) is 0 Å². The number of anilines is 1. The summed E-state index contributed by atoms with van der Waals surface area (Å²) in [6.07, 6.45) is 1.42. The molecule has 0 aliphatic rings. The van der Waals surface area contributed by atoms with E-state index < -0.39 is 6.03 Å². The summed E-state index contributed by atoms with van der Waals surface area (Å²) in [4.78, 5) is 11.8. The Morgan fingerprint density at radius 2 is 1.88 bits per heavy atom. The van der Waals surface area contributed by atoms with Gasteiger partial charge < -0.3 is 10.4 Å². The van der Waals surface area contributed by atoms with E-state index in [0.717, 1.165) is 10.0 Å². The smallest absolute Gasteiger partial charge is 0.339 e. The van der Waals surface area contributed by atoms with E-state index in [1.165, 1.54) is 6.21 Å². The Morgan fingerprint density at radius 3 is 2.50 bits per heavy atom. The van der Waals surface area contributed by atoms with Crippen molar-refractivity contribution in [3.05, 3.63) is 58.1 Å². The predicted molar refractivity (Wildman–Crippen MR) is 101 cm³/mol. The molecule has 2 amide bonds. The average molecular weight is 390 g/mol. The van der Waals surface area contributed by atoms with Crippen LogP contribution in [0.4, 0.5) is 10.5 Å². The fourth-order valence-electron chi connectivity index (χ4n) is 2.13. The summed E-state index contributed by atoms with van der Waals surface area (Å²) in [5.74, 6) is 0.153. The lowest BCUT2D eigenvalue weighted by Crippen LogP contribution is -2.24. The fourth-order valence-corrected chi connectivity index (χ4v) is 2.61. The van der Waals surface area contributed by atoms with E-state index in [2.05, 4.69) is 31.8 Å². The Balaban J connectivity index is 2.09. The Kier molecular flexibility index (Phi) is 5.62. The molecule has 0 saturated heterocycles. The van der Waals surface area contributed by atoms with Gasteiger partial charge in [-0.25, -0.2) is 10.2 Å². The number of phenols is 1. The summed E-state index contributed by atoms with van der Waals surface area (Å²) in [6.45, 7) is 6.04. The van der Waals surface area contributed by atoms with Gasteiger partial charge >= 0.3 is 6.03 Å². The first-order chi connectivity index (χ1) is 11.3. The molecule has 2 rings (SSSR count). The second-order valence-electron chi connectivity index (χ2n) is 6.33. The third-order valence-electron chi connectivity index (χ3n) is 3.31. The molecule has 0 aliphatic heterocycles. The summed E-state index contributed by atoms with van der Waals surface area (Å²) >= 11 is 3.43. The minimum absolute atomic E-state index is 0.153. The number of nitrogens with zero attached hydrogens (tertiary/aromatic N) is 1. The average Bonchev–Trinajstić information content (AvgIpc) is 2.50. The highest BCUT2D eigenvalue weighted by Gasteiger charge is 2.20. The number of halogens is 1. The van der Waals surface area contributed by atoms with Crippen molar-refractivity contribution in [2.75, 3.05) is 5.32 Å². The number of carbonyl (C=O) groups excluding carboxylic acids is 1. The van der Waals surface area contributed by atoms with Crippen LogP contribution in [0.3, 0.4) is 0 Å². The summed E-state index contributed by atoms with van der Waals surface area (Å²) < 4.78 is 0.834. The summed E-state index contributed by atoms with van der Waals surface area (Å²) in [5.41, 5.74) is 4.16. The number of carbonyl (C=O) groups is 1. The monoisotopic (exact) mass is 389 g/mol. The van der Waals surface area contributed by atoms with Crippen molar-refractivity contribution in [2.24, 2.45) is 5.10 Å². The highest BCUT2D eigenvalue weighted by molar-refractivity contribution is 9.10. The molecule has 3 N–H and O–H groups in total. The molecule has 0 heterocycles. The standard InChI is InChI=1S/C18H20BrN3O2/c1-18(2,3)15-10-13(19)9-12(16(15)23)11-20-22-17(24)21-14-7-5-4-6-8-14/h4-11,23H,1-3H3,(H2,21,22,24)/b20-11-. The lowest BCUT2D eigenvalue weighted by molar-refractivity contribution is 0.252. The second-order valence-corrected chi connectivity index (χ2v) is 7.25. The number of para-hydroxylation sites is 1. The van der Waals surface area contributed by atoms with Gasteiger partial charge in [0.2, 0.25) is 0 Å². The third kappa shape index (κ3) is 4.83. The first-order valence-corrected chi connectivity index (χ1v) is 8.25. The number of hydrogen-bond acceptors (Lipinski definition) is 3. The van der Waals surface area contributed by atoms with Crippen LogP contribution in [-0.2, 0) is 5.41 Å². The van der Waals surface area contributed by atoms with Crippen molar-refractivity contribution >= 4 is 33.9 Å². The van der Waals surface area contributed by atoms with Gasteiger partial charge in [0.1, 0.15) is 5.75 Å². The Labute approximate surface area is 149 Å². The lowest BCUT2D eigenvalue weighted by Gasteiger charge is -2.21. The van der Waals surface area contributed by atoms with Gasteiger partial charge in [0.15, 0.2) is 0 Å². The number of nitrogens with one attached hydrogen (secondary N) is 2. The molecule has 2 aromatic rings. The number of aromatic hydroxyl groups is 1. The molecule has 0 unspecified atom stereocenters. The number of hydrogen-bond donors (Lipinski definition) is 3. The largest absolute Gasteiger partial charge is 0.507 e. The third-order valence-corrected chi connectivity index (χ3v) is 3.77. The first kappa shape index (κ1) is 18.0. The van der Waals surface area contributed by atoms with Crippen LogP contribution in [0.1, 0.15) is 31.9 Å². The van der Waals surface area contributed by atoms with Gasteiger partial charge in [0.05, 0.1) is 6.21 Å². The summed E-state index contributed by atoms with van der Waals surface area (Å²) in [7, 11) is 0. The molecule has 0 bridgehead atoms. The molecule has 0 aliphatic carbocycles. The van der Waals surface area contributed by atoms with Crippen LogP contribution in [-0.4, -0.2) is 17.4 Å². The van der Waals surface area contributed by atoms with Crippen molar-refractivity contribution in [3.63, 3.8) is 0 Å².